The van der Waals surface area contributed by atoms with E-state index in [0.29, 0.717) is 25.3 Å². The molecule has 90 valence electrons. The van der Waals surface area contributed by atoms with Crippen molar-refractivity contribution >= 4 is 5.91 Å². The van der Waals surface area contributed by atoms with Crippen molar-refractivity contribution in [3.63, 3.8) is 0 Å². The Labute approximate surface area is 94.3 Å². The molecule has 2 N–H and O–H groups in total. The molecule has 16 heavy (non-hydrogen) atoms. The monoisotopic (exact) mass is 227 g/mol. The molecule has 0 aromatic carbocycles. The fraction of sp³-hybridized carbons (Fsp3) is 0.600. The Morgan fingerprint density at radius 2 is 2.19 bits per heavy atom. The number of ether oxygens (including phenoxy) is 2. The average molecular weight is 227 g/mol. The highest BCUT2D eigenvalue weighted by Crippen LogP contribution is 1.96. The van der Waals surface area contributed by atoms with Crippen molar-refractivity contribution in [1.82, 2.24) is 15.5 Å². The first-order chi connectivity index (χ1) is 7.77. The van der Waals surface area contributed by atoms with Gasteiger partial charge in [-0.2, -0.15) is 5.10 Å². The normalized spacial score (nSPS) is 10.7. The molecule has 0 fully saturated rings. The number of rotatable bonds is 7. The molecule has 0 bridgehead atoms. The van der Waals surface area contributed by atoms with Gasteiger partial charge in [0.1, 0.15) is 0 Å². The van der Waals surface area contributed by atoms with E-state index in [-0.39, 0.29) is 5.91 Å². The summed E-state index contributed by atoms with van der Waals surface area (Å²) in [6.07, 6.45) is 2.60. The van der Waals surface area contributed by atoms with Crippen LogP contribution >= 0.6 is 0 Å². The number of carbonyl (C=O) groups excluding carboxylic acids is 1. The number of hydrogen-bond donors (Lipinski definition) is 2. The quantitative estimate of drug-likeness (QED) is 0.666. The smallest absolute Gasteiger partial charge is 0.254 e. The second-order valence-electron chi connectivity index (χ2n) is 3.04. The summed E-state index contributed by atoms with van der Waals surface area (Å²) in [4.78, 5) is 11.5. The summed E-state index contributed by atoms with van der Waals surface area (Å²) >= 11 is 0. The molecule has 0 aliphatic rings. The van der Waals surface area contributed by atoms with Gasteiger partial charge in [-0.1, -0.05) is 0 Å². The molecule has 6 nitrogen and oxygen atoms in total. The Kier molecular flexibility index (Phi) is 5.52. The lowest BCUT2D eigenvalue weighted by Crippen LogP contribution is -2.35. The molecule has 0 unspecified atom stereocenters. The molecule has 6 heteroatoms. The van der Waals surface area contributed by atoms with Crippen LogP contribution in [-0.4, -0.2) is 42.2 Å². The van der Waals surface area contributed by atoms with Crippen LogP contribution < -0.4 is 5.32 Å². The van der Waals surface area contributed by atoms with E-state index in [4.69, 9.17) is 9.47 Å². The zero-order valence-corrected chi connectivity index (χ0v) is 9.53. The molecule has 0 saturated carbocycles. The predicted octanol–water partition coefficient (Wildman–Crippen LogP) is 0.539. The molecule has 1 aromatic rings. The van der Waals surface area contributed by atoms with E-state index in [1.165, 1.54) is 12.4 Å². The van der Waals surface area contributed by atoms with E-state index in [9.17, 15) is 4.79 Å². The topological polar surface area (TPSA) is 76.2 Å². The van der Waals surface area contributed by atoms with Gasteiger partial charge >= 0.3 is 0 Å². The van der Waals surface area contributed by atoms with E-state index >= 15 is 0 Å². The van der Waals surface area contributed by atoms with Crippen molar-refractivity contribution < 1.29 is 14.3 Å². The molecule has 1 heterocycles. The summed E-state index contributed by atoms with van der Waals surface area (Å²) in [5.74, 6) is -0.196. The standard InChI is InChI=1S/C10H17N3O3/c1-3-15-9(16-4-2)7-11-10(14)8-5-12-13-6-8/h5-6,9H,3-4,7H2,1-2H3,(H,11,14)(H,12,13). The Hall–Kier alpha value is -1.40. The molecular weight excluding hydrogens is 210 g/mol. The van der Waals surface area contributed by atoms with Crippen molar-refractivity contribution in [2.75, 3.05) is 19.8 Å². The summed E-state index contributed by atoms with van der Waals surface area (Å²) in [6, 6.07) is 0. The van der Waals surface area contributed by atoms with E-state index in [2.05, 4.69) is 15.5 Å². The van der Waals surface area contributed by atoms with E-state index in [1.807, 2.05) is 13.8 Å². The van der Waals surface area contributed by atoms with Gasteiger partial charge < -0.3 is 14.8 Å². The molecule has 0 radical (unpaired) electrons. The molecule has 1 aromatic heterocycles. The highest BCUT2D eigenvalue weighted by Gasteiger charge is 2.11. The molecule has 0 aliphatic heterocycles. The van der Waals surface area contributed by atoms with Crippen LogP contribution in [0.15, 0.2) is 12.4 Å². The largest absolute Gasteiger partial charge is 0.351 e. The van der Waals surface area contributed by atoms with Crippen LogP contribution in [0.25, 0.3) is 0 Å². The number of H-pyrrole nitrogens is 1. The van der Waals surface area contributed by atoms with Crippen molar-refractivity contribution in [3.05, 3.63) is 18.0 Å². The Morgan fingerprint density at radius 1 is 1.50 bits per heavy atom. The van der Waals surface area contributed by atoms with E-state index in [1.54, 1.807) is 0 Å². The van der Waals surface area contributed by atoms with Crippen LogP contribution in [0, 0.1) is 0 Å². The van der Waals surface area contributed by atoms with Crippen molar-refractivity contribution in [1.29, 1.82) is 0 Å². The summed E-state index contributed by atoms with van der Waals surface area (Å²) in [7, 11) is 0. The minimum atomic E-state index is -0.397. The highest BCUT2D eigenvalue weighted by atomic mass is 16.7. The van der Waals surface area contributed by atoms with Gasteiger partial charge in [0.05, 0.1) is 18.3 Å². The molecule has 0 aliphatic carbocycles. The third-order valence-electron chi connectivity index (χ3n) is 1.89. The Morgan fingerprint density at radius 3 is 2.69 bits per heavy atom. The predicted molar refractivity (Wildman–Crippen MR) is 58.0 cm³/mol. The summed E-state index contributed by atoms with van der Waals surface area (Å²) < 4.78 is 10.6. The number of aromatic nitrogens is 2. The van der Waals surface area contributed by atoms with Crippen LogP contribution in [0.2, 0.25) is 0 Å². The first kappa shape index (κ1) is 12.7. The van der Waals surface area contributed by atoms with Crippen LogP contribution in [0.5, 0.6) is 0 Å². The molecule has 0 atom stereocenters. The fourth-order valence-corrected chi connectivity index (χ4v) is 1.19. The zero-order valence-electron chi connectivity index (χ0n) is 9.53. The first-order valence-electron chi connectivity index (χ1n) is 5.28. The number of nitrogens with one attached hydrogen (secondary N) is 2. The number of carbonyl (C=O) groups is 1. The second kappa shape index (κ2) is 6.97. The summed E-state index contributed by atoms with van der Waals surface area (Å²) in [5, 5.41) is 8.98. The molecular formula is C10H17N3O3. The van der Waals surface area contributed by atoms with Gasteiger partial charge in [0.25, 0.3) is 5.91 Å². The maximum Gasteiger partial charge on any atom is 0.254 e. The maximum atomic E-state index is 11.5. The Bertz CT molecular complexity index is 294. The molecule has 1 rings (SSSR count). The number of amides is 1. The third kappa shape index (κ3) is 4.00. The zero-order chi connectivity index (χ0) is 11.8. The molecule has 1 amide bonds. The van der Waals surface area contributed by atoms with Gasteiger partial charge in [-0.05, 0) is 13.8 Å². The van der Waals surface area contributed by atoms with Crippen LogP contribution in [-0.2, 0) is 9.47 Å². The summed E-state index contributed by atoms with van der Waals surface area (Å²) in [5.41, 5.74) is 0.492. The van der Waals surface area contributed by atoms with Crippen molar-refractivity contribution in [2.24, 2.45) is 0 Å². The summed E-state index contributed by atoms with van der Waals surface area (Å²) in [6.45, 7) is 5.18. The minimum Gasteiger partial charge on any atom is -0.351 e. The molecule has 0 saturated heterocycles. The van der Waals surface area contributed by atoms with Crippen molar-refractivity contribution in [2.45, 2.75) is 20.1 Å². The highest BCUT2D eigenvalue weighted by molar-refractivity contribution is 5.93. The SMILES string of the molecule is CCOC(CNC(=O)c1cn[nH]c1)OCC. The molecule has 0 spiro atoms. The minimum absolute atomic E-state index is 0.196. The van der Waals surface area contributed by atoms with Crippen LogP contribution in [0.4, 0.5) is 0 Å². The lowest BCUT2D eigenvalue weighted by Gasteiger charge is -2.16. The fourth-order valence-electron chi connectivity index (χ4n) is 1.19. The third-order valence-corrected chi connectivity index (χ3v) is 1.89. The number of nitrogens with zero attached hydrogens (tertiary/aromatic N) is 1. The van der Waals surface area contributed by atoms with Crippen LogP contribution in [0.3, 0.4) is 0 Å². The second-order valence-corrected chi connectivity index (χ2v) is 3.04. The average Bonchev–Trinajstić information content (AvgIpc) is 2.79. The van der Waals surface area contributed by atoms with Gasteiger partial charge in [-0.25, -0.2) is 0 Å². The van der Waals surface area contributed by atoms with Gasteiger partial charge in [0, 0.05) is 19.4 Å². The van der Waals surface area contributed by atoms with Gasteiger partial charge in [0.15, 0.2) is 6.29 Å². The maximum absolute atomic E-state index is 11.5. The first-order valence-corrected chi connectivity index (χ1v) is 5.28. The number of aromatic amines is 1. The van der Waals surface area contributed by atoms with E-state index in [0.717, 1.165) is 0 Å². The lowest BCUT2D eigenvalue weighted by atomic mass is 10.3. The van der Waals surface area contributed by atoms with Crippen LogP contribution in [0.1, 0.15) is 24.2 Å². The number of hydrogen-bond acceptors (Lipinski definition) is 4. The van der Waals surface area contributed by atoms with Gasteiger partial charge in [-0.3, -0.25) is 9.89 Å². The van der Waals surface area contributed by atoms with E-state index < -0.39 is 6.29 Å². The Balaban J connectivity index is 2.34. The van der Waals surface area contributed by atoms with Crippen molar-refractivity contribution in [3.8, 4) is 0 Å². The lowest BCUT2D eigenvalue weighted by molar-refractivity contribution is -0.131. The van der Waals surface area contributed by atoms with Gasteiger partial charge in [-0.15, -0.1) is 0 Å². The van der Waals surface area contributed by atoms with Gasteiger partial charge in [0.2, 0.25) is 0 Å².